The maximum Gasteiger partial charge on any atom is 0.280 e. The van der Waals surface area contributed by atoms with Crippen molar-refractivity contribution in [2.24, 2.45) is 0 Å². The standard InChI is InChI=1S/C21H22F2N4O/c1-2-15-10-6-7-11-26(15)21(28)16-13-24-27-18(19(22)23)12-17(25-20(16)27)14-8-4-3-5-9-14/h3-5,8-9,12-13,15,19H,2,6-7,10-11H2,1H3/t15-/m1/s1. The second-order valence-electron chi connectivity index (χ2n) is 7.08. The molecule has 0 saturated carbocycles. The molecule has 1 atom stereocenters. The quantitative estimate of drug-likeness (QED) is 0.653. The lowest BCUT2D eigenvalue weighted by Crippen LogP contribution is -2.43. The fourth-order valence-electron chi connectivity index (χ4n) is 3.90. The van der Waals surface area contributed by atoms with Crippen LogP contribution < -0.4 is 0 Å². The third-order valence-electron chi connectivity index (χ3n) is 5.38. The van der Waals surface area contributed by atoms with Gasteiger partial charge >= 0.3 is 0 Å². The Hall–Kier alpha value is -2.83. The van der Waals surface area contributed by atoms with Crippen LogP contribution in [0.1, 0.15) is 55.1 Å². The van der Waals surface area contributed by atoms with Crippen molar-refractivity contribution in [1.82, 2.24) is 19.5 Å². The van der Waals surface area contributed by atoms with Crippen molar-refractivity contribution in [2.45, 2.75) is 45.1 Å². The predicted molar refractivity (Wildman–Crippen MR) is 102 cm³/mol. The zero-order valence-corrected chi connectivity index (χ0v) is 15.7. The summed E-state index contributed by atoms with van der Waals surface area (Å²) in [5.74, 6) is -0.181. The molecule has 5 nitrogen and oxygen atoms in total. The largest absolute Gasteiger partial charge is 0.336 e. The van der Waals surface area contributed by atoms with Gasteiger partial charge in [-0.25, -0.2) is 18.3 Å². The highest BCUT2D eigenvalue weighted by Crippen LogP contribution is 2.28. The van der Waals surface area contributed by atoms with Crippen LogP contribution >= 0.6 is 0 Å². The van der Waals surface area contributed by atoms with E-state index in [0.717, 1.165) is 35.8 Å². The Morgan fingerprint density at radius 2 is 2.04 bits per heavy atom. The average molecular weight is 384 g/mol. The number of amides is 1. The van der Waals surface area contributed by atoms with Crippen LogP contribution in [0.5, 0.6) is 0 Å². The lowest BCUT2D eigenvalue weighted by Gasteiger charge is -2.35. The van der Waals surface area contributed by atoms with Crippen LogP contribution in [0, 0.1) is 0 Å². The number of hydrogen-bond acceptors (Lipinski definition) is 3. The van der Waals surface area contributed by atoms with E-state index in [0.29, 0.717) is 12.2 Å². The molecule has 1 aromatic carbocycles. The predicted octanol–water partition coefficient (Wildman–Crippen LogP) is 4.74. The van der Waals surface area contributed by atoms with Gasteiger partial charge in [0, 0.05) is 18.2 Å². The third kappa shape index (κ3) is 3.25. The van der Waals surface area contributed by atoms with Crippen molar-refractivity contribution in [1.29, 1.82) is 0 Å². The number of rotatable bonds is 4. The minimum Gasteiger partial charge on any atom is -0.336 e. The molecule has 0 spiro atoms. The van der Waals surface area contributed by atoms with Crippen molar-refractivity contribution in [3.8, 4) is 11.3 Å². The maximum absolute atomic E-state index is 13.7. The Labute approximate surface area is 162 Å². The molecule has 1 amide bonds. The van der Waals surface area contributed by atoms with Crippen molar-refractivity contribution < 1.29 is 13.6 Å². The van der Waals surface area contributed by atoms with Gasteiger partial charge in [-0.15, -0.1) is 0 Å². The summed E-state index contributed by atoms with van der Waals surface area (Å²) in [6, 6.07) is 10.6. The molecule has 0 aliphatic carbocycles. The lowest BCUT2D eigenvalue weighted by atomic mass is 9.99. The number of hydrogen-bond donors (Lipinski definition) is 0. The summed E-state index contributed by atoms with van der Waals surface area (Å²) in [6.07, 6.45) is 2.53. The number of alkyl halides is 2. The van der Waals surface area contributed by atoms with E-state index in [9.17, 15) is 13.6 Å². The van der Waals surface area contributed by atoms with E-state index in [1.165, 1.54) is 12.3 Å². The minimum atomic E-state index is -2.73. The summed E-state index contributed by atoms with van der Waals surface area (Å²) in [5.41, 5.74) is 1.32. The Morgan fingerprint density at radius 1 is 1.25 bits per heavy atom. The molecule has 3 heterocycles. The molecular formula is C21H22F2N4O. The fraction of sp³-hybridized carbons (Fsp3) is 0.381. The van der Waals surface area contributed by atoms with Crippen LogP contribution in [0.25, 0.3) is 16.9 Å². The summed E-state index contributed by atoms with van der Waals surface area (Å²) in [5, 5.41) is 4.07. The van der Waals surface area contributed by atoms with Crippen molar-refractivity contribution >= 4 is 11.6 Å². The molecule has 7 heteroatoms. The number of nitrogens with zero attached hydrogens (tertiary/aromatic N) is 4. The van der Waals surface area contributed by atoms with E-state index in [2.05, 4.69) is 17.0 Å². The first-order valence-corrected chi connectivity index (χ1v) is 9.63. The van der Waals surface area contributed by atoms with E-state index >= 15 is 0 Å². The topological polar surface area (TPSA) is 50.5 Å². The fourth-order valence-corrected chi connectivity index (χ4v) is 3.90. The number of carbonyl (C=O) groups is 1. The minimum absolute atomic E-state index is 0.170. The molecule has 0 radical (unpaired) electrons. The van der Waals surface area contributed by atoms with Gasteiger partial charge in [0.1, 0.15) is 11.3 Å². The Kier molecular flexibility index (Phi) is 5.07. The first kappa shape index (κ1) is 18.5. The summed E-state index contributed by atoms with van der Waals surface area (Å²) in [7, 11) is 0. The Morgan fingerprint density at radius 3 is 2.75 bits per heavy atom. The first-order valence-electron chi connectivity index (χ1n) is 9.63. The summed E-state index contributed by atoms with van der Waals surface area (Å²) >= 11 is 0. The summed E-state index contributed by atoms with van der Waals surface area (Å²) in [6.45, 7) is 2.74. The van der Waals surface area contributed by atoms with Gasteiger partial charge in [0.2, 0.25) is 0 Å². The highest BCUT2D eigenvalue weighted by atomic mass is 19.3. The van der Waals surface area contributed by atoms with Gasteiger partial charge in [-0.2, -0.15) is 5.10 Å². The molecule has 146 valence electrons. The van der Waals surface area contributed by atoms with Gasteiger partial charge in [0.05, 0.1) is 11.9 Å². The zero-order chi connectivity index (χ0) is 19.7. The number of piperidine rings is 1. The van der Waals surface area contributed by atoms with Crippen molar-refractivity contribution in [3.63, 3.8) is 0 Å². The van der Waals surface area contributed by atoms with E-state index < -0.39 is 6.43 Å². The van der Waals surface area contributed by atoms with Gasteiger partial charge in [0.15, 0.2) is 5.65 Å². The monoisotopic (exact) mass is 384 g/mol. The normalized spacial score (nSPS) is 17.4. The molecule has 1 fully saturated rings. The van der Waals surface area contributed by atoms with Gasteiger partial charge in [-0.3, -0.25) is 4.79 Å². The highest BCUT2D eigenvalue weighted by molar-refractivity contribution is 6.00. The smallest absolute Gasteiger partial charge is 0.280 e. The Balaban J connectivity index is 1.83. The summed E-state index contributed by atoms with van der Waals surface area (Å²) < 4.78 is 28.5. The van der Waals surface area contributed by atoms with Crippen LogP contribution in [-0.4, -0.2) is 38.0 Å². The Bertz CT molecular complexity index is 987. The number of likely N-dealkylation sites (tertiary alicyclic amines) is 1. The highest BCUT2D eigenvalue weighted by Gasteiger charge is 2.29. The molecular weight excluding hydrogens is 362 g/mol. The molecule has 2 aromatic heterocycles. The van der Waals surface area contributed by atoms with Crippen LogP contribution in [0.2, 0.25) is 0 Å². The average Bonchev–Trinajstić information content (AvgIpc) is 3.17. The summed E-state index contributed by atoms with van der Waals surface area (Å²) in [4.78, 5) is 19.6. The van der Waals surface area contributed by atoms with E-state index in [1.54, 1.807) is 0 Å². The molecule has 1 aliphatic heterocycles. The van der Waals surface area contributed by atoms with Crippen LogP contribution in [0.15, 0.2) is 42.6 Å². The molecule has 1 aliphatic rings. The third-order valence-corrected chi connectivity index (χ3v) is 5.38. The number of carbonyl (C=O) groups excluding carboxylic acids is 1. The van der Waals surface area contributed by atoms with Crippen LogP contribution in [0.4, 0.5) is 8.78 Å². The zero-order valence-electron chi connectivity index (χ0n) is 15.7. The van der Waals surface area contributed by atoms with Gasteiger partial charge in [0.25, 0.3) is 12.3 Å². The molecule has 0 bridgehead atoms. The van der Waals surface area contributed by atoms with Gasteiger partial charge in [-0.1, -0.05) is 37.3 Å². The number of halogens is 2. The maximum atomic E-state index is 13.7. The number of aromatic nitrogens is 3. The molecule has 28 heavy (non-hydrogen) atoms. The number of fused-ring (bicyclic) bond motifs is 1. The van der Waals surface area contributed by atoms with Gasteiger partial charge < -0.3 is 4.90 Å². The number of benzene rings is 1. The van der Waals surface area contributed by atoms with E-state index in [1.807, 2.05) is 35.2 Å². The second-order valence-corrected chi connectivity index (χ2v) is 7.08. The lowest BCUT2D eigenvalue weighted by molar-refractivity contribution is 0.0609. The second kappa shape index (κ2) is 7.66. The first-order chi connectivity index (χ1) is 13.6. The van der Waals surface area contributed by atoms with Crippen LogP contribution in [0.3, 0.4) is 0 Å². The van der Waals surface area contributed by atoms with Crippen LogP contribution in [-0.2, 0) is 0 Å². The SMILES string of the molecule is CC[C@@H]1CCCCN1C(=O)c1cnn2c(C(F)F)cc(-c3ccccc3)nc12. The molecule has 0 N–H and O–H groups in total. The van der Waals surface area contributed by atoms with E-state index in [4.69, 9.17) is 0 Å². The van der Waals surface area contributed by atoms with Crippen molar-refractivity contribution in [2.75, 3.05) is 6.54 Å². The van der Waals surface area contributed by atoms with Gasteiger partial charge in [-0.05, 0) is 31.7 Å². The van der Waals surface area contributed by atoms with E-state index in [-0.39, 0.29) is 28.9 Å². The molecule has 4 rings (SSSR count). The van der Waals surface area contributed by atoms with Crippen molar-refractivity contribution in [3.05, 3.63) is 53.9 Å². The molecule has 1 saturated heterocycles. The molecule has 0 unspecified atom stereocenters. The molecule has 3 aromatic rings.